The molecular formula is C21H18ClNO5S. The van der Waals surface area contributed by atoms with Crippen LogP contribution < -0.4 is 4.74 Å². The van der Waals surface area contributed by atoms with Crippen LogP contribution in [0.2, 0.25) is 5.02 Å². The minimum absolute atomic E-state index is 0.000812. The van der Waals surface area contributed by atoms with E-state index in [2.05, 4.69) is 4.99 Å². The molecule has 0 aliphatic carbocycles. The summed E-state index contributed by atoms with van der Waals surface area (Å²) in [6, 6.07) is 11.6. The van der Waals surface area contributed by atoms with E-state index in [0.29, 0.717) is 26.9 Å². The summed E-state index contributed by atoms with van der Waals surface area (Å²) in [6.07, 6.45) is 1.55. The molecule has 29 heavy (non-hydrogen) atoms. The first-order valence-corrected chi connectivity index (χ1v) is 9.85. The molecule has 1 aliphatic heterocycles. The number of esters is 1. The minimum Gasteiger partial charge on any atom is -0.507 e. The number of phenolic OH excluding ortho intramolecular Hbond substituents is 1. The maximum absolute atomic E-state index is 12.4. The molecule has 0 radical (unpaired) electrons. The van der Waals surface area contributed by atoms with Crippen LogP contribution in [0.1, 0.15) is 12.5 Å². The predicted molar refractivity (Wildman–Crippen MR) is 115 cm³/mol. The molecular weight excluding hydrogens is 414 g/mol. The van der Waals surface area contributed by atoms with Crippen molar-refractivity contribution in [3.8, 4) is 11.5 Å². The fourth-order valence-electron chi connectivity index (χ4n) is 2.56. The Morgan fingerprint density at radius 3 is 2.69 bits per heavy atom. The van der Waals surface area contributed by atoms with Gasteiger partial charge in [0.15, 0.2) is 0 Å². The number of halogens is 1. The van der Waals surface area contributed by atoms with E-state index in [1.54, 1.807) is 49.4 Å². The van der Waals surface area contributed by atoms with Gasteiger partial charge in [-0.3, -0.25) is 0 Å². The van der Waals surface area contributed by atoms with Gasteiger partial charge in [-0.15, -0.1) is 0 Å². The number of para-hydroxylation sites is 1. The van der Waals surface area contributed by atoms with Crippen molar-refractivity contribution in [3.05, 3.63) is 69.3 Å². The number of aromatic hydroxyl groups is 1. The second-order valence-corrected chi connectivity index (χ2v) is 7.29. The number of aliphatic hydroxyl groups excluding tert-OH is 1. The first-order chi connectivity index (χ1) is 13.9. The third kappa shape index (κ3) is 4.58. The fourth-order valence-corrected chi connectivity index (χ4v) is 3.76. The van der Waals surface area contributed by atoms with E-state index in [-0.39, 0.29) is 28.7 Å². The van der Waals surface area contributed by atoms with Gasteiger partial charge < -0.3 is 19.7 Å². The van der Waals surface area contributed by atoms with Gasteiger partial charge in [-0.25, -0.2) is 9.79 Å². The highest BCUT2D eigenvalue weighted by Gasteiger charge is 2.33. The molecule has 0 amide bonds. The van der Waals surface area contributed by atoms with Crippen LogP contribution in [-0.2, 0) is 9.53 Å². The number of ether oxygens (including phenoxy) is 2. The van der Waals surface area contributed by atoms with E-state index < -0.39 is 5.97 Å². The van der Waals surface area contributed by atoms with Gasteiger partial charge in [0, 0.05) is 5.56 Å². The SMILES string of the molecule is CCOC(=O)C1=C(O)/C(=C\c2cc(OC)ccc2O)SC1=Nc1ccccc1Cl. The molecule has 8 heteroatoms. The Morgan fingerprint density at radius 1 is 1.24 bits per heavy atom. The van der Waals surface area contributed by atoms with Crippen LogP contribution in [0.15, 0.2) is 63.7 Å². The molecule has 0 aromatic heterocycles. The Balaban J connectivity index is 2.09. The monoisotopic (exact) mass is 431 g/mol. The first-order valence-electron chi connectivity index (χ1n) is 8.65. The number of nitrogens with zero attached hydrogens (tertiary/aromatic N) is 1. The van der Waals surface area contributed by atoms with Gasteiger partial charge in [-0.2, -0.15) is 0 Å². The molecule has 2 aromatic carbocycles. The van der Waals surface area contributed by atoms with Gasteiger partial charge in [0.2, 0.25) is 0 Å². The van der Waals surface area contributed by atoms with E-state index >= 15 is 0 Å². The molecule has 1 aliphatic rings. The number of carbonyl (C=O) groups is 1. The standard InChI is InChI=1S/C21H18ClNO5S/c1-3-28-21(26)18-19(25)17(11-12-10-13(27-2)8-9-16(12)24)29-20(18)23-15-7-5-4-6-14(15)22/h4-11,24-25H,3H2,1-2H3/b17-11+,23-20?. The number of rotatable bonds is 5. The molecule has 0 unspecified atom stereocenters. The summed E-state index contributed by atoms with van der Waals surface area (Å²) in [4.78, 5) is 17.2. The Bertz CT molecular complexity index is 1050. The van der Waals surface area contributed by atoms with Crippen molar-refractivity contribution in [1.29, 1.82) is 0 Å². The second kappa shape index (κ2) is 9.07. The zero-order valence-corrected chi connectivity index (χ0v) is 17.3. The van der Waals surface area contributed by atoms with Gasteiger partial charge in [-0.05, 0) is 43.3 Å². The van der Waals surface area contributed by atoms with Gasteiger partial charge in [0.25, 0.3) is 0 Å². The van der Waals surface area contributed by atoms with Gasteiger partial charge in [0.1, 0.15) is 27.9 Å². The molecule has 0 saturated carbocycles. The predicted octanol–water partition coefficient (Wildman–Crippen LogP) is 5.25. The van der Waals surface area contributed by atoms with Gasteiger partial charge >= 0.3 is 5.97 Å². The summed E-state index contributed by atoms with van der Waals surface area (Å²) in [7, 11) is 1.51. The van der Waals surface area contributed by atoms with Crippen molar-refractivity contribution in [2.75, 3.05) is 13.7 Å². The van der Waals surface area contributed by atoms with Crippen LogP contribution >= 0.6 is 23.4 Å². The number of hydrogen-bond donors (Lipinski definition) is 2. The Labute approximate surface area is 177 Å². The summed E-state index contributed by atoms with van der Waals surface area (Å²) in [5.41, 5.74) is 0.822. The van der Waals surface area contributed by atoms with Crippen LogP contribution in [0.4, 0.5) is 5.69 Å². The quantitative estimate of drug-likeness (QED) is 0.629. The summed E-state index contributed by atoms with van der Waals surface area (Å²) in [5.74, 6) is -0.430. The largest absolute Gasteiger partial charge is 0.507 e. The minimum atomic E-state index is -0.693. The Kier molecular flexibility index (Phi) is 6.51. The van der Waals surface area contributed by atoms with Crippen LogP contribution in [-0.4, -0.2) is 34.9 Å². The molecule has 6 nitrogen and oxygen atoms in total. The topological polar surface area (TPSA) is 88.4 Å². The van der Waals surface area contributed by atoms with Gasteiger partial charge in [-0.1, -0.05) is 35.5 Å². The van der Waals surface area contributed by atoms with Crippen molar-refractivity contribution in [2.24, 2.45) is 4.99 Å². The van der Waals surface area contributed by atoms with Crippen LogP contribution in [0, 0.1) is 0 Å². The average Bonchev–Trinajstić information content (AvgIpc) is 3.00. The van der Waals surface area contributed by atoms with Crippen molar-refractivity contribution >= 4 is 46.1 Å². The van der Waals surface area contributed by atoms with E-state index in [4.69, 9.17) is 21.1 Å². The lowest BCUT2D eigenvalue weighted by Gasteiger charge is -2.05. The smallest absolute Gasteiger partial charge is 0.344 e. The first kappa shape index (κ1) is 20.8. The van der Waals surface area contributed by atoms with Crippen molar-refractivity contribution < 1.29 is 24.5 Å². The molecule has 2 N–H and O–H groups in total. The second-order valence-electron chi connectivity index (χ2n) is 5.85. The normalized spacial score (nSPS) is 16.5. The lowest BCUT2D eigenvalue weighted by atomic mass is 10.1. The number of aliphatic imine (C=N–C) groups is 1. The van der Waals surface area contributed by atoms with E-state index in [9.17, 15) is 15.0 Å². The van der Waals surface area contributed by atoms with Crippen LogP contribution in [0.3, 0.4) is 0 Å². The Hall–Kier alpha value is -2.90. The number of benzene rings is 2. The molecule has 1 heterocycles. The highest BCUT2D eigenvalue weighted by atomic mass is 35.5. The number of carbonyl (C=O) groups excluding carboxylic acids is 1. The fraction of sp³-hybridized carbons (Fsp3) is 0.143. The highest BCUT2D eigenvalue weighted by molar-refractivity contribution is 8.18. The molecule has 3 rings (SSSR count). The molecule has 2 aromatic rings. The lowest BCUT2D eigenvalue weighted by molar-refractivity contribution is -0.138. The third-order valence-corrected chi connectivity index (χ3v) is 5.31. The number of thioether (sulfide) groups is 1. The zero-order chi connectivity index (χ0) is 21.0. The van der Waals surface area contributed by atoms with E-state index in [1.165, 1.54) is 13.2 Å². The summed E-state index contributed by atoms with van der Waals surface area (Å²) in [6.45, 7) is 1.82. The molecule has 150 valence electrons. The summed E-state index contributed by atoms with van der Waals surface area (Å²) < 4.78 is 10.2. The zero-order valence-electron chi connectivity index (χ0n) is 15.7. The van der Waals surface area contributed by atoms with Crippen molar-refractivity contribution in [1.82, 2.24) is 0 Å². The number of hydrogen-bond acceptors (Lipinski definition) is 7. The number of aliphatic hydroxyl groups is 1. The third-order valence-electron chi connectivity index (χ3n) is 3.97. The molecule has 0 fully saturated rings. The van der Waals surface area contributed by atoms with Crippen LogP contribution in [0.5, 0.6) is 11.5 Å². The van der Waals surface area contributed by atoms with Crippen LogP contribution in [0.25, 0.3) is 6.08 Å². The lowest BCUT2D eigenvalue weighted by Crippen LogP contribution is -2.12. The number of methoxy groups -OCH3 is 1. The molecule has 0 saturated heterocycles. The highest BCUT2D eigenvalue weighted by Crippen LogP contribution is 2.42. The van der Waals surface area contributed by atoms with Crippen molar-refractivity contribution in [2.45, 2.75) is 6.92 Å². The number of phenols is 1. The molecule has 0 atom stereocenters. The van der Waals surface area contributed by atoms with E-state index in [0.717, 1.165) is 11.8 Å². The maximum Gasteiger partial charge on any atom is 0.344 e. The maximum atomic E-state index is 12.4. The summed E-state index contributed by atoms with van der Waals surface area (Å²) in [5, 5.41) is 21.5. The molecule has 0 spiro atoms. The van der Waals surface area contributed by atoms with Gasteiger partial charge in [0.05, 0.1) is 29.3 Å². The summed E-state index contributed by atoms with van der Waals surface area (Å²) >= 11 is 7.25. The van der Waals surface area contributed by atoms with E-state index in [1.807, 2.05) is 0 Å². The van der Waals surface area contributed by atoms with Crippen molar-refractivity contribution in [3.63, 3.8) is 0 Å². The average molecular weight is 432 g/mol. The Morgan fingerprint density at radius 2 is 2.00 bits per heavy atom. The molecule has 0 bridgehead atoms.